The third-order valence-electron chi connectivity index (χ3n) is 2.95. The molecule has 0 saturated carbocycles. The topological polar surface area (TPSA) is 3.24 Å². The average Bonchev–Trinajstić information content (AvgIpc) is 2.15. The highest BCUT2D eigenvalue weighted by Crippen LogP contribution is 2.27. The maximum absolute atomic E-state index is 13.9. The first-order valence-electron chi connectivity index (χ1n) is 5.69. The number of anilines is 1. The summed E-state index contributed by atoms with van der Waals surface area (Å²) in [5.41, 5.74) is 2.94. The zero-order chi connectivity index (χ0) is 12.5. The number of aryl methyl sites for hydroxylation is 1. The van der Waals surface area contributed by atoms with Crippen molar-refractivity contribution in [3.8, 4) is 0 Å². The Hall–Kier alpha value is -0.620. The molecule has 0 aliphatic carbocycles. The van der Waals surface area contributed by atoms with Crippen LogP contribution >= 0.6 is 9.24 Å². The van der Waals surface area contributed by atoms with E-state index in [1.807, 2.05) is 27.8 Å². The van der Waals surface area contributed by atoms with Gasteiger partial charge < -0.3 is 4.90 Å². The third-order valence-corrected chi connectivity index (χ3v) is 3.54. The summed E-state index contributed by atoms with van der Waals surface area (Å²) in [6.07, 6.45) is 0. The zero-order valence-corrected chi connectivity index (χ0v) is 11.9. The molecule has 0 aromatic heterocycles. The van der Waals surface area contributed by atoms with Crippen molar-refractivity contribution in [2.24, 2.45) is 0 Å². The van der Waals surface area contributed by atoms with E-state index in [1.165, 1.54) is 0 Å². The van der Waals surface area contributed by atoms with Crippen LogP contribution in [0.25, 0.3) is 0 Å². The molecule has 0 radical (unpaired) electrons. The maximum atomic E-state index is 13.9. The molecule has 0 amide bonds. The van der Waals surface area contributed by atoms with Crippen molar-refractivity contribution in [2.45, 2.75) is 33.6 Å². The highest BCUT2D eigenvalue weighted by atomic mass is 31.0. The van der Waals surface area contributed by atoms with Crippen LogP contribution in [0.2, 0.25) is 0 Å². The van der Waals surface area contributed by atoms with Crippen LogP contribution < -0.4 is 10.2 Å². The Labute approximate surface area is 100 Å². The molecule has 0 N–H and O–H groups in total. The molecule has 0 aliphatic rings. The standard InChI is InChI=1S/C13H21FNP/c1-6-15(5)12-9(4)7-10(14)11(8(2)3)13(12)16/h7-8H,6,16H2,1-5H3. The molecule has 1 atom stereocenters. The Morgan fingerprint density at radius 1 is 1.44 bits per heavy atom. The van der Waals surface area contributed by atoms with E-state index >= 15 is 0 Å². The van der Waals surface area contributed by atoms with Crippen molar-refractivity contribution in [3.05, 3.63) is 23.0 Å². The molecule has 0 saturated heterocycles. The van der Waals surface area contributed by atoms with Crippen LogP contribution in [-0.4, -0.2) is 13.6 Å². The molecule has 1 nitrogen and oxygen atoms in total. The second kappa shape index (κ2) is 5.14. The minimum atomic E-state index is -0.0919. The number of halogens is 1. The fourth-order valence-corrected chi connectivity index (χ4v) is 2.98. The van der Waals surface area contributed by atoms with E-state index < -0.39 is 0 Å². The lowest BCUT2D eigenvalue weighted by atomic mass is 9.99. The number of rotatable bonds is 3. The highest BCUT2D eigenvalue weighted by molar-refractivity contribution is 7.28. The van der Waals surface area contributed by atoms with Gasteiger partial charge in [0.25, 0.3) is 0 Å². The van der Waals surface area contributed by atoms with Crippen LogP contribution in [0, 0.1) is 12.7 Å². The third kappa shape index (κ3) is 2.38. The summed E-state index contributed by atoms with van der Waals surface area (Å²) >= 11 is 0. The Balaban J connectivity index is 3.45. The second-order valence-corrected chi connectivity index (χ2v) is 5.10. The van der Waals surface area contributed by atoms with Gasteiger partial charge in [-0.3, -0.25) is 0 Å². The maximum Gasteiger partial charge on any atom is 0.127 e. The van der Waals surface area contributed by atoms with E-state index in [-0.39, 0.29) is 11.7 Å². The van der Waals surface area contributed by atoms with Crippen molar-refractivity contribution in [3.63, 3.8) is 0 Å². The summed E-state index contributed by atoms with van der Waals surface area (Å²) in [6.45, 7) is 9.03. The first-order chi connectivity index (χ1) is 7.40. The molecule has 0 spiro atoms. The lowest BCUT2D eigenvalue weighted by Crippen LogP contribution is -2.24. The summed E-state index contributed by atoms with van der Waals surface area (Å²) in [6, 6.07) is 1.64. The van der Waals surface area contributed by atoms with E-state index in [0.29, 0.717) is 0 Å². The Morgan fingerprint density at radius 2 is 2.00 bits per heavy atom. The highest BCUT2D eigenvalue weighted by Gasteiger charge is 2.17. The summed E-state index contributed by atoms with van der Waals surface area (Å²) in [7, 11) is 4.74. The second-order valence-electron chi connectivity index (χ2n) is 4.52. The Bertz CT molecular complexity index is 388. The molecule has 0 bridgehead atoms. The molecule has 3 heteroatoms. The predicted octanol–water partition coefficient (Wildman–Crippen LogP) is 3.21. The summed E-state index contributed by atoms with van der Waals surface area (Å²) in [5, 5.41) is 0.997. The summed E-state index contributed by atoms with van der Waals surface area (Å²) in [4.78, 5) is 2.16. The van der Waals surface area contributed by atoms with E-state index in [9.17, 15) is 4.39 Å². The van der Waals surface area contributed by atoms with Crippen LogP contribution in [-0.2, 0) is 0 Å². The lowest BCUT2D eigenvalue weighted by Gasteiger charge is -2.25. The Kier molecular flexibility index (Phi) is 4.32. The number of nitrogens with zero attached hydrogens (tertiary/aromatic N) is 1. The molecule has 90 valence electrons. The van der Waals surface area contributed by atoms with Crippen LogP contribution in [0.5, 0.6) is 0 Å². The van der Waals surface area contributed by atoms with E-state index in [1.54, 1.807) is 6.07 Å². The number of benzene rings is 1. The van der Waals surface area contributed by atoms with Crippen molar-refractivity contribution >= 4 is 20.2 Å². The zero-order valence-electron chi connectivity index (χ0n) is 10.8. The first kappa shape index (κ1) is 13.4. The van der Waals surface area contributed by atoms with Crippen molar-refractivity contribution in [2.75, 3.05) is 18.5 Å². The number of hydrogen-bond donors (Lipinski definition) is 0. The first-order valence-corrected chi connectivity index (χ1v) is 6.27. The summed E-state index contributed by atoms with van der Waals surface area (Å²) in [5.74, 6) is 0.114. The minimum absolute atomic E-state index is 0.0919. The lowest BCUT2D eigenvalue weighted by molar-refractivity contribution is 0.599. The molecule has 1 aromatic rings. The molecule has 0 aliphatic heterocycles. The van der Waals surface area contributed by atoms with Crippen molar-refractivity contribution < 1.29 is 4.39 Å². The normalized spacial score (nSPS) is 11.0. The van der Waals surface area contributed by atoms with E-state index in [4.69, 9.17) is 0 Å². The van der Waals surface area contributed by atoms with E-state index in [2.05, 4.69) is 21.1 Å². The largest absolute Gasteiger partial charge is 0.374 e. The fourth-order valence-electron chi connectivity index (χ4n) is 2.06. The fraction of sp³-hybridized carbons (Fsp3) is 0.538. The molecule has 1 unspecified atom stereocenters. The van der Waals surface area contributed by atoms with Gasteiger partial charge >= 0.3 is 0 Å². The SMILES string of the molecule is CCN(C)c1c(C)cc(F)c(C(C)C)c1P. The average molecular weight is 241 g/mol. The van der Waals surface area contributed by atoms with Crippen molar-refractivity contribution in [1.82, 2.24) is 0 Å². The monoisotopic (exact) mass is 241 g/mol. The van der Waals surface area contributed by atoms with Crippen LogP contribution in [0.15, 0.2) is 6.07 Å². The van der Waals surface area contributed by atoms with Crippen molar-refractivity contribution in [1.29, 1.82) is 0 Å². The molecular weight excluding hydrogens is 220 g/mol. The van der Waals surface area contributed by atoms with Gasteiger partial charge in [-0.05, 0) is 42.3 Å². The Morgan fingerprint density at radius 3 is 2.44 bits per heavy atom. The van der Waals surface area contributed by atoms with Gasteiger partial charge in [0.05, 0.1) is 0 Å². The predicted molar refractivity (Wildman–Crippen MR) is 73.5 cm³/mol. The van der Waals surface area contributed by atoms with Gasteiger partial charge in [-0.1, -0.05) is 13.8 Å². The minimum Gasteiger partial charge on any atom is -0.374 e. The molecule has 0 heterocycles. The van der Waals surface area contributed by atoms with Gasteiger partial charge in [-0.2, -0.15) is 0 Å². The van der Waals surface area contributed by atoms with Gasteiger partial charge in [-0.25, -0.2) is 4.39 Å². The van der Waals surface area contributed by atoms with Crippen LogP contribution in [0.3, 0.4) is 0 Å². The van der Waals surface area contributed by atoms with Gasteiger partial charge in [0.15, 0.2) is 0 Å². The van der Waals surface area contributed by atoms with Gasteiger partial charge in [0.2, 0.25) is 0 Å². The van der Waals surface area contributed by atoms with Gasteiger partial charge in [-0.15, -0.1) is 9.24 Å². The summed E-state index contributed by atoms with van der Waals surface area (Å²) < 4.78 is 13.9. The number of hydrogen-bond acceptors (Lipinski definition) is 1. The molecule has 0 fully saturated rings. The van der Waals surface area contributed by atoms with Gasteiger partial charge in [0.1, 0.15) is 5.82 Å². The quantitative estimate of drug-likeness (QED) is 0.734. The molecule has 16 heavy (non-hydrogen) atoms. The van der Waals surface area contributed by atoms with Crippen LogP contribution in [0.4, 0.5) is 10.1 Å². The van der Waals surface area contributed by atoms with E-state index in [0.717, 1.165) is 28.7 Å². The molecular formula is C13H21FNP. The smallest absolute Gasteiger partial charge is 0.127 e. The van der Waals surface area contributed by atoms with Crippen LogP contribution in [0.1, 0.15) is 37.8 Å². The van der Waals surface area contributed by atoms with Gasteiger partial charge in [0, 0.05) is 19.3 Å². The molecule has 1 aromatic carbocycles. The molecule has 1 rings (SSSR count).